The number of anilines is 1. The minimum atomic E-state index is 0.0266. The quantitative estimate of drug-likeness (QED) is 0.496. The third-order valence-electron chi connectivity index (χ3n) is 5.21. The molecule has 1 aliphatic heterocycles. The van der Waals surface area contributed by atoms with Crippen LogP contribution in [0.4, 0.5) is 5.69 Å². The molecule has 0 unspecified atom stereocenters. The molecule has 2 aromatic carbocycles. The highest BCUT2D eigenvalue weighted by Crippen LogP contribution is 2.40. The second-order valence-corrected chi connectivity index (χ2v) is 8.35. The normalized spacial score (nSPS) is 15.7. The monoisotopic (exact) mass is 404 g/mol. The molecule has 3 aromatic rings. The fourth-order valence-corrected chi connectivity index (χ4v) is 4.23. The first-order chi connectivity index (χ1) is 14.2. The van der Waals surface area contributed by atoms with Crippen molar-refractivity contribution in [3.05, 3.63) is 65.5 Å². The molecule has 1 amide bonds. The average molecular weight is 404 g/mol. The Morgan fingerprint density at radius 3 is 2.76 bits per heavy atom. The van der Waals surface area contributed by atoms with Gasteiger partial charge >= 0.3 is 0 Å². The van der Waals surface area contributed by atoms with Gasteiger partial charge in [-0.1, -0.05) is 30.0 Å². The summed E-state index contributed by atoms with van der Waals surface area (Å²) < 4.78 is 1.91. The summed E-state index contributed by atoms with van der Waals surface area (Å²) in [6.45, 7) is 0. The molecule has 146 valence electrons. The summed E-state index contributed by atoms with van der Waals surface area (Å²) in [6, 6.07) is 15.5. The largest absolute Gasteiger partial charge is 0.326 e. The smallest absolute Gasteiger partial charge is 0.224 e. The Hall–Kier alpha value is -2.93. The molecule has 2 heterocycles. The summed E-state index contributed by atoms with van der Waals surface area (Å²) >= 11 is 1.37. The number of carbonyl (C=O) groups excluding carboxylic acids is 2. The van der Waals surface area contributed by atoms with Gasteiger partial charge in [0, 0.05) is 23.6 Å². The van der Waals surface area contributed by atoms with Crippen molar-refractivity contribution in [1.29, 1.82) is 0 Å². The molecule has 6 nitrogen and oxygen atoms in total. The molecule has 1 fully saturated rings. The van der Waals surface area contributed by atoms with Gasteiger partial charge in [0.05, 0.1) is 11.4 Å². The van der Waals surface area contributed by atoms with Crippen molar-refractivity contribution >= 4 is 29.1 Å². The molecular formula is C22H20N4O2S. The van der Waals surface area contributed by atoms with Gasteiger partial charge in [0.2, 0.25) is 11.1 Å². The number of para-hydroxylation sites is 1. The standard InChI is InChI=1S/C22H20N4O2S/c27-19(16-8-10-18-15(12-16)9-11-20(28)23-18)13-29-22-24-21(14-6-7-14)26(25-22)17-4-2-1-3-5-17/h1-5,8,10,12,14H,6-7,9,11,13H2,(H,23,28). The lowest BCUT2D eigenvalue weighted by Gasteiger charge is -2.17. The Morgan fingerprint density at radius 2 is 1.97 bits per heavy atom. The Balaban J connectivity index is 1.31. The molecule has 0 saturated heterocycles. The molecule has 1 aliphatic carbocycles. The number of benzene rings is 2. The number of ketones is 1. The highest BCUT2D eigenvalue weighted by atomic mass is 32.2. The van der Waals surface area contributed by atoms with Crippen molar-refractivity contribution in [2.24, 2.45) is 0 Å². The molecule has 1 N–H and O–H groups in total. The molecule has 7 heteroatoms. The van der Waals surface area contributed by atoms with Crippen LogP contribution >= 0.6 is 11.8 Å². The van der Waals surface area contributed by atoms with Crippen molar-refractivity contribution in [3.63, 3.8) is 0 Å². The molecule has 1 saturated carbocycles. The van der Waals surface area contributed by atoms with Gasteiger partial charge in [-0.05, 0) is 55.2 Å². The van der Waals surface area contributed by atoms with Gasteiger partial charge < -0.3 is 5.32 Å². The van der Waals surface area contributed by atoms with E-state index in [1.807, 2.05) is 47.1 Å². The van der Waals surface area contributed by atoms with Crippen LogP contribution in [0, 0.1) is 0 Å². The zero-order valence-electron chi connectivity index (χ0n) is 15.8. The van der Waals surface area contributed by atoms with Gasteiger partial charge in [0.25, 0.3) is 0 Å². The van der Waals surface area contributed by atoms with E-state index in [4.69, 9.17) is 4.98 Å². The van der Waals surface area contributed by atoms with Gasteiger partial charge in [-0.3, -0.25) is 9.59 Å². The van der Waals surface area contributed by atoms with Crippen molar-refractivity contribution < 1.29 is 9.59 Å². The summed E-state index contributed by atoms with van der Waals surface area (Å²) in [5.41, 5.74) is 3.49. The van der Waals surface area contributed by atoms with Crippen molar-refractivity contribution in [2.75, 3.05) is 11.1 Å². The number of hydrogen-bond acceptors (Lipinski definition) is 5. The van der Waals surface area contributed by atoms with Crippen LogP contribution in [0.25, 0.3) is 5.69 Å². The highest BCUT2D eigenvalue weighted by Gasteiger charge is 2.30. The molecular weight excluding hydrogens is 384 g/mol. The minimum absolute atomic E-state index is 0.0266. The van der Waals surface area contributed by atoms with Crippen LogP contribution in [0.3, 0.4) is 0 Å². The zero-order chi connectivity index (χ0) is 19.8. The van der Waals surface area contributed by atoms with E-state index in [1.165, 1.54) is 11.8 Å². The number of carbonyl (C=O) groups is 2. The summed E-state index contributed by atoms with van der Waals surface area (Å²) in [7, 11) is 0. The maximum atomic E-state index is 12.7. The molecule has 29 heavy (non-hydrogen) atoms. The van der Waals surface area contributed by atoms with Gasteiger partial charge in [-0.15, -0.1) is 5.10 Å². The van der Waals surface area contributed by atoms with Crippen molar-refractivity contribution in [1.82, 2.24) is 14.8 Å². The average Bonchev–Trinajstić information content (AvgIpc) is 3.51. The molecule has 2 aliphatic rings. The fraction of sp³-hybridized carbons (Fsp3) is 0.273. The maximum Gasteiger partial charge on any atom is 0.224 e. The van der Waals surface area contributed by atoms with E-state index >= 15 is 0 Å². The van der Waals surface area contributed by atoms with Crippen LogP contribution in [0.15, 0.2) is 53.7 Å². The van der Waals surface area contributed by atoms with Crippen LogP contribution in [0.2, 0.25) is 0 Å². The van der Waals surface area contributed by atoms with Crippen LogP contribution in [0.1, 0.15) is 46.9 Å². The molecule has 0 atom stereocenters. The van der Waals surface area contributed by atoms with Crippen LogP contribution in [0.5, 0.6) is 0 Å². The first kappa shape index (κ1) is 18.1. The third-order valence-corrected chi connectivity index (χ3v) is 6.05. The SMILES string of the molecule is O=C1CCc2cc(C(=O)CSc3nc(C4CC4)n(-c4ccccc4)n3)ccc2N1. The van der Waals surface area contributed by atoms with Crippen LogP contribution in [-0.4, -0.2) is 32.2 Å². The lowest BCUT2D eigenvalue weighted by Crippen LogP contribution is -2.19. The molecule has 0 spiro atoms. The van der Waals surface area contributed by atoms with E-state index in [-0.39, 0.29) is 17.4 Å². The number of nitrogens with zero attached hydrogens (tertiary/aromatic N) is 3. The van der Waals surface area contributed by atoms with Crippen molar-refractivity contribution in [2.45, 2.75) is 36.8 Å². The highest BCUT2D eigenvalue weighted by molar-refractivity contribution is 7.99. The summed E-state index contributed by atoms with van der Waals surface area (Å²) in [5.74, 6) is 1.80. The number of aryl methyl sites for hydroxylation is 1. The van der Waals surface area contributed by atoms with Gasteiger partial charge in [-0.2, -0.15) is 0 Å². The number of nitrogens with one attached hydrogen (secondary N) is 1. The topological polar surface area (TPSA) is 76.9 Å². The number of Topliss-reactive ketones (excluding diaryl/α,β-unsaturated/α-hetero) is 1. The summed E-state index contributed by atoms with van der Waals surface area (Å²) in [4.78, 5) is 28.9. The minimum Gasteiger partial charge on any atom is -0.326 e. The van der Waals surface area contributed by atoms with Gasteiger partial charge in [-0.25, -0.2) is 9.67 Å². The van der Waals surface area contributed by atoms with E-state index in [1.54, 1.807) is 6.07 Å². The number of thioether (sulfide) groups is 1. The molecule has 0 bridgehead atoms. The summed E-state index contributed by atoms with van der Waals surface area (Å²) in [5, 5.41) is 8.14. The number of fused-ring (bicyclic) bond motifs is 1. The fourth-order valence-electron chi connectivity index (χ4n) is 3.50. The molecule has 5 rings (SSSR count). The second-order valence-electron chi connectivity index (χ2n) is 7.41. The number of amides is 1. The van der Waals surface area contributed by atoms with Crippen molar-refractivity contribution in [3.8, 4) is 5.69 Å². The van der Waals surface area contributed by atoms with Crippen LogP contribution < -0.4 is 5.32 Å². The first-order valence-corrected chi connectivity index (χ1v) is 10.8. The van der Waals surface area contributed by atoms with Gasteiger partial charge in [0.15, 0.2) is 5.78 Å². The molecule has 1 aromatic heterocycles. The number of rotatable bonds is 6. The van der Waals surface area contributed by atoms with E-state index in [2.05, 4.69) is 10.4 Å². The first-order valence-electron chi connectivity index (χ1n) is 9.78. The predicted molar refractivity (Wildman–Crippen MR) is 112 cm³/mol. The zero-order valence-corrected chi connectivity index (χ0v) is 16.6. The summed E-state index contributed by atoms with van der Waals surface area (Å²) in [6.07, 6.45) is 3.41. The maximum absolute atomic E-state index is 12.7. The van der Waals surface area contributed by atoms with Crippen LogP contribution in [-0.2, 0) is 11.2 Å². The van der Waals surface area contributed by atoms with E-state index < -0.39 is 0 Å². The molecule has 0 radical (unpaired) electrons. The number of hydrogen-bond donors (Lipinski definition) is 1. The van der Waals surface area contributed by atoms with E-state index in [0.717, 1.165) is 35.6 Å². The van der Waals surface area contributed by atoms with E-state index in [9.17, 15) is 9.59 Å². The lowest BCUT2D eigenvalue weighted by molar-refractivity contribution is -0.116. The predicted octanol–water partition coefficient (Wildman–Crippen LogP) is 4.00. The Labute approximate surface area is 172 Å². The lowest BCUT2D eigenvalue weighted by atomic mass is 9.99. The third kappa shape index (κ3) is 3.82. The Bertz CT molecular complexity index is 1090. The van der Waals surface area contributed by atoms with E-state index in [0.29, 0.717) is 29.5 Å². The Kier molecular flexibility index (Phi) is 4.67. The Morgan fingerprint density at radius 1 is 1.14 bits per heavy atom. The second kappa shape index (κ2) is 7.48. The number of aromatic nitrogens is 3. The van der Waals surface area contributed by atoms with Gasteiger partial charge in [0.1, 0.15) is 5.82 Å².